The van der Waals surface area contributed by atoms with Crippen LogP contribution in [0.25, 0.3) is 0 Å². The van der Waals surface area contributed by atoms with Crippen molar-refractivity contribution >= 4 is 27.5 Å². The first-order chi connectivity index (χ1) is 11.3. The molecule has 0 bridgehead atoms. The molecule has 0 aliphatic carbocycles. The second-order valence-corrected chi connectivity index (χ2v) is 7.37. The van der Waals surface area contributed by atoms with Crippen LogP contribution in [0.5, 0.6) is 0 Å². The number of carbonyl (C=O) groups excluding carboxylic acids is 2. The molecule has 1 aliphatic heterocycles. The Kier molecular flexibility index (Phi) is 3.88. The zero-order chi connectivity index (χ0) is 17.5. The van der Waals surface area contributed by atoms with Crippen LogP contribution in [0.1, 0.15) is 22.8 Å². The number of para-hydroxylation sites is 1. The first-order valence-electron chi connectivity index (χ1n) is 7.38. The molecular weight excluding hydrogens is 328 g/mol. The Morgan fingerprint density at radius 2 is 1.71 bits per heavy atom. The fraction of sp³-hybridized carbons (Fsp3) is 0.176. The van der Waals surface area contributed by atoms with Crippen LogP contribution in [0.4, 0.5) is 5.69 Å². The van der Waals surface area contributed by atoms with Crippen LogP contribution in [0.15, 0.2) is 53.4 Å². The third-order valence-corrected chi connectivity index (χ3v) is 5.90. The molecular formula is C17H16N2O4S. The minimum absolute atomic E-state index is 0.0643. The van der Waals surface area contributed by atoms with Crippen molar-refractivity contribution in [2.75, 3.05) is 5.32 Å². The average molecular weight is 344 g/mol. The van der Waals surface area contributed by atoms with Gasteiger partial charge in [0.15, 0.2) is 0 Å². The van der Waals surface area contributed by atoms with Crippen molar-refractivity contribution in [3.05, 3.63) is 59.7 Å². The molecule has 1 atom stereocenters. The van der Waals surface area contributed by atoms with Crippen molar-refractivity contribution in [1.29, 1.82) is 0 Å². The Balaban J connectivity index is 1.91. The summed E-state index contributed by atoms with van der Waals surface area (Å²) in [5.41, 5.74) is 1.51. The minimum Gasteiger partial charge on any atom is -0.324 e. The van der Waals surface area contributed by atoms with Gasteiger partial charge in [0, 0.05) is 5.69 Å². The van der Waals surface area contributed by atoms with Crippen LogP contribution in [-0.4, -0.2) is 30.6 Å². The largest absolute Gasteiger partial charge is 0.324 e. The summed E-state index contributed by atoms with van der Waals surface area (Å²) in [5, 5.41) is 2.67. The average Bonchev–Trinajstić information content (AvgIpc) is 2.76. The standard InChI is InChI=1S/C17H16N2O4S/c1-11-7-3-5-9-14(11)18-16(20)12(2)19-17(21)13-8-4-6-10-15(13)24(19,22)23/h3-10,12H,1-2H3,(H,18,20)/t12-/m1/s1. The predicted octanol–water partition coefficient (Wildman–Crippen LogP) is 2.17. The van der Waals surface area contributed by atoms with Gasteiger partial charge in [0.1, 0.15) is 10.9 Å². The summed E-state index contributed by atoms with van der Waals surface area (Å²) >= 11 is 0. The highest BCUT2D eigenvalue weighted by molar-refractivity contribution is 7.90. The van der Waals surface area contributed by atoms with Crippen molar-refractivity contribution in [2.24, 2.45) is 0 Å². The van der Waals surface area contributed by atoms with Gasteiger partial charge in [-0.25, -0.2) is 12.7 Å². The van der Waals surface area contributed by atoms with Gasteiger partial charge >= 0.3 is 0 Å². The number of hydrogen-bond donors (Lipinski definition) is 1. The van der Waals surface area contributed by atoms with Gasteiger partial charge in [-0.2, -0.15) is 0 Å². The number of benzene rings is 2. The summed E-state index contributed by atoms with van der Waals surface area (Å²) in [6.07, 6.45) is 0. The quantitative estimate of drug-likeness (QED) is 0.925. The molecule has 1 aliphatic rings. The number of carbonyl (C=O) groups is 2. The second kappa shape index (κ2) is 5.76. The van der Waals surface area contributed by atoms with E-state index in [0.717, 1.165) is 5.56 Å². The minimum atomic E-state index is -4.02. The summed E-state index contributed by atoms with van der Waals surface area (Å²) in [6, 6.07) is 11.9. The van der Waals surface area contributed by atoms with E-state index >= 15 is 0 Å². The zero-order valence-electron chi connectivity index (χ0n) is 13.2. The molecule has 0 radical (unpaired) electrons. The number of anilines is 1. The molecule has 24 heavy (non-hydrogen) atoms. The van der Waals surface area contributed by atoms with E-state index in [0.29, 0.717) is 9.99 Å². The third-order valence-electron chi connectivity index (χ3n) is 3.99. The number of nitrogens with zero attached hydrogens (tertiary/aromatic N) is 1. The van der Waals surface area contributed by atoms with Gasteiger partial charge < -0.3 is 5.32 Å². The molecule has 0 aromatic heterocycles. The maximum Gasteiger partial charge on any atom is 0.269 e. The summed E-state index contributed by atoms with van der Waals surface area (Å²) < 4.78 is 25.8. The Morgan fingerprint density at radius 1 is 1.08 bits per heavy atom. The molecule has 0 spiro atoms. The molecule has 7 heteroatoms. The normalized spacial score (nSPS) is 16.6. The lowest BCUT2D eigenvalue weighted by molar-refractivity contribution is -0.118. The van der Waals surface area contributed by atoms with Crippen LogP contribution in [0.2, 0.25) is 0 Å². The monoisotopic (exact) mass is 344 g/mol. The number of rotatable bonds is 3. The summed E-state index contributed by atoms with van der Waals surface area (Å²) in [7, 11) is -4.02. The van der Waals surface area contributed by atoms with Crippen LogP contribution in [0, 0.1) is 6.92 Å². The Bertz CT molecular complexity index is 937. The van der Waals surface area contributed by atoms with Gasteiger partial charge in [-0.1, -0.05) is 30.3 Å². The van der Waals surface area contributed by atoms with Crippen LogP contribution >= 0.6 is 0 Å². The number of amides is 2. The van der Waals surface area contributed by atoms with E-state index < -0.39 is 27.9 Å². The highest BCUT2D eigenvalue weighted by Crippen LogP contribution is 2.32. The first kappa shape index (κ1) is 16.2. The number of hydrogen-bond acceptors (Lipinski definition) is 4. The van der Waals surface area contributed by atoms with Crippen molar-refractivity contribution in [3.8, 4) is 0 Å². The molecule has 1 heterocycles. The molecule has 124 valence electrons. The maximum atomic E-state index is 12.6. The number of aryl methyl sites for hydroxylation is 1. The Hall–Kier alpha value is -2.67. The van der Waals surface area contributed by atoms with E-state index in [9.17, 15) is 18.0 Å². The molecule has 6 nitrogen and oxygen atoms in total. The molecule has 0 fully saturated rings. The highest BCUT2D eigenvalue weighted by Gasteiger charge is 2.45. The summed E-state index contributed by atoms with van der Waals surface area (Å²) in [5.74, 6) is -1.24. The predicted molar refractivity (Wildman–Crippen MR) is 89.1 cm³/mol. The van der Waals surface area contributed by atoms with Gasteiger partial charge in [-0.05, 0) is 37.6 Å². The van der Waals surface area contributed by atoms with E-state index in [1.807, 2.05) is 19.1 Å². The molecule has 0 saturated carbocycles. The Labute approximate surface area is 140 Å². The van der Waals surface area contributed by atoms with E-state index in [1.165, 1.54) is 19.1 Å². The molecule has 2 aromatic rings. The van der Waals surface area contributed by atoms with Crippen molar-refractivity contribution in [1.82, 2.24) is 4.31 Å². The SMILES string of the molecule is Cc1ccccc1NC(=O)[C@@H](C)N1C(=O)c2ccccc2S1(=O)=O. The number of sulfonamides is 1. The lowest BCUT2D eigenvalue weighted by Crippen LogP contribution is -2.45. The lowest BCUT2D eigenvalue weighted by Gasteiger charge is -2.22. The van der Waals surface area contributed by atoms with E-state index in [-0.39, 0.29) is 10.5 Å². The first-order valence-corrected chi connectivity index (χ1v) is 8.82. The number of fused-ring (bicyclic) bond motifs is 1. The fourth-order valence-electron chi connectivity index (χ4n) is 2.64. The zero-order valence-corrected chi connectivity index (χ0v) is 14.0. The molecule has 3 rings (SSSR count). The third kappa shape index (κ3) is 2.46. The molecule has 0 unspecified atom stereocenters. The lowest BCUT2D eigenvalue weighted by atomic mass is 10.1. The Morgan fingerprint density at radius 3 is 2.38 bits per heavy atom. The van der Waals surface area contributed by atoms with E-state index in [4.69, 9.17) is 0 Å². The number of nitrogens with one attached hydrogen (secondary N) is 1. The van der Waals surface area contributed by atoms with Crippen molar-refractivity contribution in [3.63, 3.8) is 0 Å². The van der Waals surface area contributed by atoms with Crippen LogP contribution in [0.3, 0.4) is 0 Å². The molecule has 0 saturated heterocycles. The smallest absolute Gasteiger partial charge is 0.269 e. The molecule has 1 N–H and O–H groups in total. The fourth-order valence-corrected chi connectivity index (χ4v) is 4.37. The molecule has 2 amide bonds. The summed E-state index contributed by atoms with van der Waals surface area (Å²) in [4.78, 5) is 24.8. The van der Waals surface area contributed by atoms with Crippen molar-refractivity contribution in [2.45, 2.75) is 24.8 Å². The van der Waals surface area contributed by atoms with Gasteiger partial charge in [0.2, 0.25) is 5.91 Å². The van der Waals surface area contributed by atoms with Gasteiger partial charge in [0.05, 0.1) is 5.56 Å². The second-order valence-electron chi connectivity index (χ2n) is 5.58. The van der Waals surface area contributed by atoms with Crippen molar-refractivity contribution < 1.29 is 18.0 Å². The topological polar surface area (TPSA) is 83.6 Å². The van der Waals surface area contributed by atoms with Crippen LogP contribution < -0.4 is 5.32 Å². The van der Waals surface area contributed by atoms with Gasteiger partial charge in [-0.15, -0.1) is 0 Å². The van der Waals surface area contributed by atoms with Gasteiger partial charge in [0.25, 0.3) is 15.9 Å². The van der Waals surface area contributed by atoms with Gasteiger partial charge in [-0.3, -0.25) is 9.59 Å². The highest BCUT2D eigenvalue weighted by atomic mass is 32.2. The van der Waals surface area contributed by atoms with Crippen LogP contribution in [-0.2, 0) is 14.8 Å². The van der Waals surface area contributed by atoms with E-state index in [1.54, 1.807) is 24.3 Å². The van der Waals surface area contributed by atoms with E-state index in [2.05, 4.69) is 5.32 Å². The molecule has 2 aromatic carbocycles. The summed E-state index contributed by atoms with van der Waals surface area (Å²) in [6.45, 7) is 3.23. The maximum absolute atomic E-state index is 12.6.